The quantitative estimate of drug-likeness (QED) is 0.395. The van der Waals surface area contributed by atoms with Gasteiger partial charge in [-0.1, -0.05) is 28.1 Å². The van der Waals surface area contributed by atoms with E-state index in [0.717, 1.165) is 31.5 Å². The average Bonchev–Trinajstić information content (AvgIpc) is 3.22. The van der Waals surface area contributed by atoms with Crippen LogP contribution in [0.5, 0.6) is 5.75 Å². The standard InChI is InChI=1S/C22H17BrN2O2S/c1-13-9-14(23)10-17-18(12-19(25-21(13)17)20-7-4-8-28-20)22(26)24-15-5-3-6-16(11-15)27-2/h3-12H,1-2H3,(H,24,26). The molecule has 140 valence electrons. The predicted molar refractivity (Wildman–Crippen MR) is 118 cm³/mol. The van der Waals surface area contributed by atoms with E-state index in [1.54, 1.807) is 24.5 Å². The first-order valence-electron chi connectivity index (χ1n) is 8.65. The summed E-state index contributed by atoms with van der Waals surface area (Å²) in [5.41, 5.74) is 3.89. The lowest BCUT2D eigenvalue weighted by atomic mass is 10.0. The van der Waals surface area contributed by atoms with Crippen LogP contribution in [0.25, 0.3) is 21.5 Å². The molecule has 0 aliphatic rings. The Kier molecular flexibility index (Phi) is 5.15. The zero-order chi connectivity index (χ0) is 19.7. The van der Waals surface area contributed by atoms with Crippen molar-refractivity contribution in [2.45, 2.75) is 6.92 Å². The number of methoxy groups -OCH3 is 1. The molecule has 1 N–H and O–H groups in total. The van der Waals surface area contributed by atoms with Gasteiger partial charge in [0.1, 0.15) is 5.75 Å². The first-order chi connectivity index (χ1) is 13.5. The number of nitrogens with one attached hydrogen (secondary N) is 1. The maximum absolute atomic E-state index is 13.2. The van der Waals surface area contributed by atoms with E-state index in [4.69, 9.17) is 9.72 Å². The number of halogens is 1. The number of fused-ring (bicyclic) bond motifs is 1. The van der Waals surface area contributed by atoms with Gasteiger partial charge in [-0.15, -0.1) is 11.3 Å². The van der Waals surface area contributed by atoms with Crippen molar-refractivity contribution in [1.82, 2.24) is 4.98 Å². The molecule has 4 nitrogen and oxygen atoms in total. The number of rotatable bonds is 4. The number of aryl methyl sites for hydroxylation is 1. The number of carbonyl (C=O) groups is 1. The van der Waals surface area contributed by atoms with Crippen LogP contribution >= 0.6 is 27.3 Å². The van der Waals surface area contributed by atoms with Crippen molar-refractivity contribution in [3.8, 4) is 16.3 Å². The fraction of sp³-hybridized carbons (Fsp3) is 0.0909. The predicted octanol–water partition coefficient (Wildman–Crippen LogP) is 6.30. The summed E-state index contributed by atoms with van der Waals surface area (Å²) in [6.45, 7) is 2.00. The van der Waals surface area contributed by atoms with Gasteiger partial charge in [-0.2, -0.15) is 0 Å². The molecule has 0 spiro atoms. The Morgan fingerprint density at radius 1 is 1.14 bits per heavy atom. The summed E-state index contributed by atoms with van der Waals surface area (Å²) in [4.78, 5) is 19.0. The topological polar surface area (TPSA) is 51.2 Å². The maximum atomic E-state index is 13.2. The third-order valence-electron chi connectivity index (χ3n) is 4.41. The maximum Gasteiger partial charge on any atom is 0.256 e. The molecule has 0 aliphatic carbocycles. The van der Waals surface area contributed by atoms with Gasteiger partial charge in [0.05, 0.1) is 28.8 Å². The minimum Gasteiger partial charge on any atom is -0.497 e. The first kappa shape index (κ1) is 18.7. The van der Waals surface area contributed by atoms with Crippen molar-refractivity contribution in [1.29, 1.82) is 0 Å². The normalized spacial score (nSPS) is 10.8. The molecule has 0 bridgehead atoms. The van der Waals surface area contributed by atoms with Crippen molar-refractivity contribution in [2.24, 2.45) is 0 Å². The number of amides is 1. The van der Waals surface area contributed by atoms with Crippen molar-refractivity contribution >= 4 is 49.8 Å². The molecule has 0 saturated carbocycles. The van der Waals surface area contributed by atoms with Gasteiger partial charge in [0.15, 0.2) is 0 Å². The number of pyridine rings is 1. The average molecular weight is 453 g/mol. The lowest BCUT2D eigenvalue weighted by Crippen LogP contribution is -2.13. The van der Waals surface area contributed by atoms with Gasteiger partial charge in [0.25, 0.3) is 5.91 Å². The molecule has 0 aliphatic heterocycles. The Hall–Kier alpha value is -2.70. The van der Waals surface area contributed by atoms with Gasteiger partial charge in [0.2, 0.25) is 0 Å². The molecule has 4 aromatic rings. The van der Waals surface area contributed by atoms with E-state index < -0.39 is 0 Å². The number of aromatic nitrogens is 1. The number of anilines is 1. The molecule has 2 aromatic carbocycles. The van der Waals surface area contributed by atoms with Gasteiger partial charge in [-0.25, -0.2) is 4.98 Å². The number of carbonyl (C=O) groups excluding carboxylic acids is 1. The van der Waals surface area contributed by atoms with Gasteiger partial charge in [-0.3, -0.25) is 4.79 Å². The molecule has 6 heteroatoms. The van der Waals surface area contributed by atoms with Crippen molar-refractivity contribution in [3.63, 3.8) is 0 Å². The second-order valence-electron chi connectivity index (χ2n) is 6.34. The number of hydrogen-bond donors (Lipinski definition) is 1. The highest BCUT2D eigenvalue weighted by atomic mass is 79.9. The van der Waals surface area contributed by atoms with Crippen LogP contribution in [0.3, 0.4) is 0 Å². The fourth-order valence-corrected chi connectivity index (χ4v) is 4.35. The molecule has 1 amide bonds. The molecule has 0 atom stereocenters. The summed E-state index contributed by atoms with van der Waals surface area (Å²) in [6.07, 6.45) is 0. The van der Waals surface area contributed by atoms with E-state index >= 15 is 0 Å². The Bertz CT molecular complexity index is 1170. The number of thiophene rings is 1. The zero-order valence-corrected chi connectivity index (χ0v) is 17.7. The molecule has 2 heterocycles. The molecule has 0 unspecified atom stereocenters. The Morgan fingerprint density at radius 2 is 2.00 bits per heavy atom. The summed E-state index contributed by atoms with van der Waals surface area (Å²) >= 11 is 5.14. The fourth-order valence-electron chi connectivity index (χ4n) is 3.09. The van der Waals surface area contributed by atoms with E-state index in [9.17, 15) is 4.79 Å². The molecule has 0 fully saturated rings. The number of hydrogen-bond acceptors (Lipinski definition) is 4. The summed E-state index contributed by atoms with van der Waals surface area (Å²) in [5.74, 6) is 0.506. The third-order valence-corrected chi connectivity index (χ3v) is 5.76. The number of nitrogens with zero attached hydrogens (tertiary/aromatic N) is 1. The van der Waals surface area contributed by atoms with E-state index in [2.05, 4.69) is 21.2 Å². The molecule has 28 heavy (non-hydrogen) atoms. The molecular formula is C22H17BrN2O2S. The van der Waals surface area contributed by atoms with Crippen LogP contribution in [-0.4, -0.2) is 18.0 Å². The first-order valence-corrected chi connectivity index (χ1v) is 10.3. The lowest BCUT2D eigenvalue weighted by molar-refractivity contribution is 0.102. The summed E-state index contributed by atoms with van der Waals surface area (Å²) in [7, 11) is 1.60. The highest BCUT2D eigenvalue weighted by Gasteiger charge is 2.17. The second-order valence-corrected chi connectivity index (χ2v) is 8.20. The minimum atomic E-state index is -0.184. The van der Waals surface area contributed by atoms with Crippen LogP contribution in [0.4, 0.5) is 5.69 Å². The minimum absolute atomic E-state index is 0.184. The van der Waals surface area contributed by atoms with E-state index in [1.807, 2.05) is 60.8 Å². The molecular weight excluding hydrogens is 436 g/mol. The number of benzene rings is 2. The zero-order valence-electron chi connectivity index (χ0n) is 15.3. The lowest BCUT2D eigenvalue weighted by Gasteiger charge is -2.12. The van der Waals surface area contributed by atoms with Crippen LogP contribution in [-0.2, 0) is 0 Å². The van der Waals surface area contributed by atoms with E-state index in [0.29, 0.717) is 17.0 Å². The SMILES string of the molecule is COc1cccc(NC(=O)c2cc(-c3cccs3)nc3c(C)cc(Br)cc23)c1. The molecule has 0 radical (unpaired) electrons. The Morgan fingerprint density at radius 3 is 2.75 bits per heavy atom. The largest absolute Gasteiger partial charge is 0.497 e. The monoisotopic (exact) mass is 452 g/mol. The van der Waals surface area contributed by atoms with Crippen LogP contribution in [0.15, 0.2) is 64.5 Å². The van der Waals surface area contributed by atoms with Gasteiger partial charge in [-0.05, 0) is 54.3 Å². The van der Waals surface area contributed by atoms with Crippen molar-refractivity contribution in [3.05, 3.63) is 75.6 Å². The summed E-state index contributed by atoms with van der Waals surface area (Å²) in [6, 6.07) is 17.1. The Labute approximate surface area is 175 Å². The van der Waals surface area contributed by atoms with E-state index in [1.165, 1.54) is 0 Å². The third kappa shape index (κ3) is 3.66. The summed E-state index contributed by atoms with van der Waals surface area (Å²) in [5, 5.41) is 5.80. The van der Waals surface area contributed by atoms with Gasteiger partial charge >= 0.3 is 0 Å². The van der Waals surface area contributed by atoms with Crippen molar-refractivity contribution < 1.29 is 9.53 Å². The highest BCUT2D eigenvalue weighted by Crippen LogP contribution is 2.32. The Balaban J connectivity index is 1.85. The van der Waals surface area contributed by atoms with Crippen molar-refractivity contribution in [2.75, 3.05) is 12.4 Å². The van der Waals surface area contributed by atoms with Crippen LogP contribution in [0, 0.1) is 6.92 Å². The second kappa shape index (κ2) is 7.73. The highest BCUT2D eigenvalue weighted by molar-refractivity contribution is 9.10. The van der Waals surface area contributed by atoms with Crippen LogP contribution in [0.1, 0.15) is 15.9 Å². The van der Waals surface area contributed by atoms with Crippen LogP contribution < -0.4 is 10.1 Å². The van der Waals surface area contributed by atoms with Gasteiger partial charge < -0.3 is 10.1 Å². The summed E-state index contributed by atoms with van der Waals surface area (Å²) < 4.78 is 6.16. The molecule has 4 rings (SSSR count). The van der Waals surface area contributed by atoms with E-state index in [-0.39, 0.29) is 5.91 Å². The van der Waals surface area contributed by atoms with Crippen LogP contribution in [0.2, 0.25) is 0 Å². The number of ether oxygens (including phenoxy) is 1. The smallest absolute Gasteiger partial charge is 0.256 e. The molecule has 2 aromatic heterocycles. The molecule has 0 saturated heterocycles. The van der Waals surface area contributed by atoms with Gasteiger partial charge in [0, 0.05) is 21.6 Å².